The van der Waals surface area contributed by atoms with Crippen LogP contribution in [-0.4, -0.2) is 73.9 Å². The number of aryl methyl sites for hydroxylation is 1. The summed E-state index contributed by atoms with van der Waals surface area (Å²) in [6.45, 7) is 1.39. The van der Waals surface area contributed by atoms with Crippen molar-refractivity contribution in [3.63, 3.8) is 0 Å². The van der Waals surface area contributed by atoms with Crippen LogP contribution in [-0.2, 0) is 46.9 Å². The zero-order valence-corrected chi connectivity index (χ0v) is 33.4. The van der Waals surface area contributed by atoms with Gasteiger partial charge in [-0.05, 0) is 61.9 Å². The van der Waals surface area contributed by atoms with Gasteiger partial charge in [0, 0.05) is 54.2 Å². The second-order valence-electron chi connectivity index (χ2n) is 15.9. The number of nitrogens with one attached hydrogen (secondary N) is 2. The predicted molar refractivity (Wildman–Crippen MR) is 206 cm³/mol. The summed E-state index contributed by atoms with van der Waals surface area (Å²) in [5.41, 5.74) is -2.66. The van der Waals surface area contributed by atoms with Gasteiger partial charge in [0.15, 0.2) is 22.3 Å². The lowest BCUT2D eigenvalue weighted by atomic mass is 9.94. The van der Waals surface area contributed by atoms with E-state index in [2.05, 4.69) is 20.2 Å². The number of pyridine rings is 1. The maximum atomic E-state index is 15.5. The van der Waals surface area contributed by atoms with Crippen LogP contribution in [0.4, 0.5) is 41.7 Å². The summed E-state index contributed by atoms with van der Waals surface area (Å²) in [6, 6.07) is 8.00. The van der Waals surface area contributed by atoms with Crippen molar-refractivity contribution in [1.82, 2.24) is 34.8 Å². The predicted octanol–water partition coefficient (Wildman–Crippen LogP) is 6.38. The molecule has 22 heteroatoms. The van der Waals surface area contributed by atoms with E-state index in [1.807, 2.05) is 4.90 Å². The molecule has 1 aliphatic heterocycles. The third kappa shape index (κ3) is 7.10. The number of sulfonamides is 1. The highest BCUT2D eigenvalue weighted by Crippen LogP contribution is 2.68. The first-order chi connectivity index (χ1) is 28.1. The largest absolute Gasteiger partial charge is 0.435 e. The number of halogens is 7. The Kier molecular flexibility index (Phi) is 9.07. The Balaban J connectivity index is 1.20. The minimum atomic E-state index is -5.07. The monoisotopic (exact) mass is 877 g/mol. The second kappa shape index (κ2) is 13.6. The summed E-state index contributed by atoms with van der Waals surface area (Å²) in [5.74, 6) is -9.00. The van der Waals surface area contributed by atoms with Crippen LogP contribution in [0.25, 0.3) is 32.4 Å². The van der Waals surface area contributed by atoms with Gasteiger partial charge in [0.1, 0.15) is 23.9 Å². The summed E-state index contributed by atoms with van der Waals surface area (Å²) in [7, 11) is -2.22. The number of anilines is 2. The topological polar surface area (TPSA) is 160 Å². The van der Waals surface area contributed by atoms with Gasteiger partial charge in [0.05, 0.1) is 33.8 Å². The molecule has 3 aliphatic rings. The van der Waals surface area contributed by atoms with Gasteiger partial charge in [0.25, 0.3) is 5.92 Å². The van der Waals surface area contributed by atoms with E-state index in [1.54, 1.807) is 38.2 Å². The third-order valence-corrected chi connectivity index (χ3v) is 12.7. The van der Waals surface area contributed by atoms with Gasteiger partial charge in [-0.15, -0.1) is 0 Å². The van der Waals surface area contributed by atoms with E-state index in [0.717, 1.165) is 18.4 Å². The summed E-state index contributed by atoms with van der Waals surface area (Å²) in [6.07, 6.45) is -4.14. The molecule has 0 bridgehead atoms. The van der Waals surface area contributed by atoms with Crippen molar-refractivity contribution in [2.45, 2.75) is 62.4 Å². The number of fused-ring (bicyclic) bond motifs is 5. The average Bonchev–Trinajstić information content (AvgIpc) is 3.36. The van der Waals surface area contributed by atoms with Crippen LogP contribution >= 0.6 is 11.3 Å². The Morgan fingerprint density at radius 2 is 1.82 bits per heavy atom. The van der Waals surface area contributed by atoms with Gasteiger partial charge in [-0.2, -0.15) is 37.1 Å². The zero-order valence-electron chi connectivity index (χ0n) is 31.8. The van der Waals surface area contributed by atoms with Crippen molar-refractivity contribution in [3.05, 3.63) is 82.3 Å². The van der Waals surface area contributed by atoms with Crippen molar-refractivity contribution in [1.29, 1.82) is 0 Å². The first-order valence-corrected chi connectivity index (χ1v) is 21.3. The highest BCUT2D eigenvalue weighted by atomic mass is 32.2. The quantitative estimate of drug-likeness (QED) is 0.133. The number of β-amino-alcohol motifs (C(OH)–C–C–N with tert-alkyl or cyclic N) is 1. The molecule has 3 N–H and O–H groups in total. The molecule has 2 aromatic carbocycles. The number of carbonyl (C=O) groups is 1. The molecule has 60 heavy (non-hydrogen) atoms. The Morgan fingerprint density at radius 3 is 2.48 bits per heavy atom. The van der Waals surface area contributed by atoms with Gasteiger partial charge in [0.2, 0.25) is 15.9 Å². The number of hydrogen-bond acceptors (Lipinski definition) is 10. The van der Waals surface area contributed by atoms with Crippen molar-refractivity contribution < 1.29 is 49.1 Å². The highest BCUT2D eigenvalue weighted by molar-refractivity contribution is 7.92. The van der Waals surface area contributed by atoms with E-state index in [4.69, 9.17) is 9.97 Å². The van der Waals surface area contributed by atoms with Gasteiger partial charge in [-0.3, -0.25) is 18.9 Å². The van der Waals surface area contributed by atoms with E-state index in [1.165, 1.54) is 16.0 Å². The molecular formula is C38H34F7N9O4S2. The van der Waals surface area contributed by atoms with E-state index >= 15 is 8.78 Å². The number of rotatable bonds is 10. The number of alkyl halides is 5. The molecule has 2 aliphatic carbocycles. The molecule has 2 fully saturated rings. The van der Waals surface area contributed by atoms with Gasteiger partial charge in [-0.25, -0.2) is 22.2 Å². The number of amides is 1. The Bertz CT molecular complexity index is 2850. The molecule has 4 atom stereocenters. The minimum absolute atomic E-state index is 0.00751. The molecule has 1 saturated carbocycles. The van der Waals surface area contributed by atoms with Crippen molar-refractivity contribution >= 4 is 59.5 Å². The van der Waals surface area contributed by atoms with Crippen LogP contribution in [0.5, 0.6) is 0 Å². The molecule has 3 unspecified atom stereocenters. The average molecular weight is 878 g/mol. The summed E-state index contributed by atoms with van der Waals surface area (Å²) >= 11 is 1.26. The maximum Gasteiger partial charge on any atom is 0.435 e. The van der Waals surface area contributed by atoms with Gasteiger partial charge >= 0.3 is 6.18 Å². The minimum Gasteiger partial charge on any atom is -0.388 e. The Labute approximate surface area is 340 Å². The van der Waals surface area contributed by atoms with Crippen LogP contribution in [0.2, 0.25) is 0 Å². The lowest BCUT2D eigenvalue weighted by molar-refractivity contribution is -0.142. The number of thiazole rings is 1. The molecule has 5 heterocycles. The van der Waals surface area contributed by atoms with Crippen LogP contribution in [0.1, 0.15) is 59.9 Å². The van der Waals surface area contributed by atoms with E-state index in [-0.39, 0.29) is 42.1 Å². The summed E-state index contributed by atoms with van der Waals surface area (Å²) in [5, 5.41) is 22.1. The Hall–Kier alpha value is -5.35. The first-order valence-electron chi connectivity index (χ1n) is 18.6. The van der Waals surface area contributed by atoms with E-state index in [0.29, 0.717) is 55.6 Å². The molecule has 9 rings (SSSR count). The Morgan fingerprint density at radius 1 is 1.08 bits per heavy atom. The fourth-order valence-electron chi connectivity index (χ4n) is 8.55. The van der Waals surface area contributed by atoms with Crippen molar-refractivity contribution in [3.8, 4) is 11.1 Å². The molecule has 0 spiro atoms. The normalized spacial score (nSPS) is 21.4. The van der Waals surface area contributed by atoms with E-state index < -0.39 is 86.6 Å². The number of carbonyl (C=O) groups excluding carboxylic acids is 1. The van der Waals surface area contributed by atoms with Crippen molar-refractivity contribution in [2.75, 3.05) is 29.0 Å². The number of para-hydroxylation sites is 1. The van der Waals surface area contributed by atoms with E-state index in [9.17, 15) is 40.3 Å². The van der Waals surface area contributed by atoms with Gasteiger partial charge < -0.3 is 15.3 Å². The molecular weight excluding hydrogens is 844 g/mol. The lowest BCUT2D eigenvalue weighted by Crippen LogP contribution is -2.35. The summed E-state index contributed by atoms with van der Waals surface area (Å²) < 4.78 is 132. The third-order valence-electron chi connectivity index (χ3n) is 11.1. The fraction of sp³-hybridized carbons (Fsp3) is 0.395. The zero-order chi connectivity index (χ0) is 42.8. The van der Waals surface area contributed by atoms with Gasteiger partial charge in [-0.1, -0.05) is 23.5 Å². The number of hydrogen-bond donors (Lipinski definition) is 3. The second-order valence-corrected chi connectivity index (χ2v) is 18.7. The maximum absolute atomic E-state index is 15.5. The number of aromatic nitrogens is 6. The smallest absolute Gasteiger partial charge is 0.388 e. The first kappa shape index (κ1) is 40.1. The van der Waals surface area contributed by atoms with Crippen LogP contribution in [0, 0.1) is 17.6 Å². The van der Waals surface area contributed by atoms with Crippen LogP contribution in [0.3, 0.4) is 0 Å². The standard InChI is InChI=1S/C38H34F7N9O4S2/c1-36(56)7-8-53(16-36)35-48-34-26(59-35)14-22(20-5-4-6-21-30(20)52(2)50-33(21)51-60(3,57)58)29(47-34)25(11-17-9-18(39)12-19(40)10-17)46-27(55)15-54-32-28(31(49-54)38(43,44)45)23-13-24(23)37(32,41)42/h4-6,9-10,12,14,23-25,56H,7-8,11,13,15-16H2,1-3H3,(H,46,55)(H,50,51)/t23-,24?,25?,36?/m0/s1. The number of benzene rings is 2. The summed E-state index contributed by atoms with van der Waals surface area (Å²) in [4.78, 5) is 25.5. The lowest BCUT2D eigenvalue weighted by Gasteiger charge is -2.23. The molecule has 6 aromatic rings. The fourth-order valence-corrected chi connectivity index (χ4v) is 10.0. The molecule has 1 saturated heterocycles. The highest BCUT2D eigenvalue weighted by Gasteiger charge is 2.68. The van der Waals surface area contributed by atoms with Crippen molar-refractivity contribution in [2.24, 2.45) is 13.0 Å². The molecule has 0 radical (unpaired) electrons. The molecule has 1 amide bonds. The van der Waals surface area contributed by atoms with Crippen LogP contribution < -0.4 is 14.9 Å². The number of nitrogens with zero attached hydrogens (tertiary/aromatic N) is 7. The molecule has 316 valence electrons. The molecule has 13 nitrogen and oxygen atoms in total. The molecule has 4 aromatic heterocycles. The SMILES string of the molecule is Cn1nc(NS(C)(=O)=O)c2cccc(-c3cc4sc(N5CCC(C)(O)C5)nc4nc3C(Cc3cc(F)cc(F)c3)NC(=O)Cn3nc(C(F)(F)F)c4c3C(F)(F)C3C[C@H]43)c21. The number of aliphatic hydroxyl groups is 1. The van der Waals surface area contributed by atoms with Crippen LogP contribution in [0.15, 0.2) is 42.5 Å².